The van der Waals surface area contributed by atoms with Crippen LogP contribution in [0.15, 0.2) is 46.0 Å². The molecule has 1 aromatic carbocycles. The summed E-state index contributed by atoms with van der Waals surface area (Å²) >= 11 is 1.59. The van der Waals surface area contributed by atoms with Gasteiger partial charge in [0.05, 0.1) is 6.61 Å². The van der Waals surface area contributed by atoms with Crippen molar-refractivity contribution in [2.24, 2.45) is 0 Å². The molecule has 0 radical (unpaired) electrons. The third kappa shape index (κ3) is 3.19. The quantitative estimate of drug-likeness (QED) is 0.777. The van der Waals surface area contributed by atoms with E-state index in [0.717, 1.165) is 18.4 Å². The maximum absolute atomic E-state index is 13.1. The van der Waals surface area contributed by atoms with Crippen LogP contribution in [0.4, 0.5) is 0 Å². The van der Waals surface area contributed by atoms with Crippen molar-refractivity contribution in [1.29, 1.82) is 0 Å². The second-order valence-electron chi connectivity index (χ2n) is 5.29. The first-order valence-electron chi connectivity index (χ1n) is 7.37. The van der Waals surface area contributed by atoms with Crippen molar-refractivity contribution in [3.05, 3.63) is 46.7 Å². The lowest BCUT2D eigenvalue weighted by Crippen LogP contribution is -2.32. The summed E-state index contributed by atoms with van der Waals surface area (Å²) in [5, 5.41) is 3.97. The van der Waals surface area contributed by atoms with Crippen LogP contribution < -0.4 is 4.74 Å². The van der Waals surface area contributed by atoms with Gasteiger partial charge in [-0.2, -0.15) is 15.6 Å². The molecule has 1 aromatic heterocycles. The van der Waals surface area contributed by atoms with Gasteiger partial charge in [-0.25, -0.2) is 8.42 Å². The summed E-state index contributed by atoms with van der Waals surface area (Å²) in [5.41, 5.74) is 1.04. The standard InChI is InChI=1S/C16H19NO3S2/c1-2-20-15-5-3-4-6-16(15)22(18,19)17(14-7-8-14)11-13-9-10-21-12-13/h3-6,9-10,12,14H,2,7-8,11H2,1H3. The molecular formula is C16H19NO3S2. The lowest BCUT2D eigenvalue weighted by Gasteiger charge is -2.22. The normalized spacial score (nSPS) is 15.2. The summed E-state index contributed by atoms with van der Waals surface area (Å²) < 4.78 is 33.3. The fourth-order valence-corrected chi connectivity index (χ4v) is 4.87. The van der Waals surface area contributed by atoms with E-state index < -0.39 is 10.0 Å². The molecule has 1 heterocycles. The molecule has 1 aliphatic rings. The van der Waals surface area contributed by atoms with E-state index in [1.54, 1.807) is 39.9 Å². The monoisotopic (exact) mass is 337 g/mol. The summed E-state index contributed by atoms with van der Waals surface area (Å²) in [6.45, 7) is 2.73. The third-order valence-corrected chi connectivity index (χ3v) is 6.28. The molecule has 2 aromatic rings. The van der Waals surface area contributed by atoms with Gasteiger partial charge in [0, 0.05) is 12.6 Å². The summed E-state index contributed by atoms with van der Waals surface area (Å²) in [6, 6.07) is 8.97. The summed E-state index contributed by atoms with van der Waals surface area (Å²) in [6.07, 6.45) is 1.86. The number of thiophene rings is 1. The van der Waals surface area contributed by atoms with Crippen LogP contribution in [0.25, 0.3) is 0 Å². The van der Waals surface area contributed by atoms with Crippen LogP contribution in [0.5, 0.6) is 5.75 Å². The Bertz CT molecular complexity index is 722. The van der Waals surface area contributed by atoms with Crippen LogP contribution in [0, 0.1) is 0 Å². The van der Waals surface area contributed by atoms with Gasteiger partial charge in [0.2, 0.25) is 10.0 Å². The number of ether oxygens (including phenoxy) is 1. The van der Waals surface area contributed by atoms with Crippen molar-refractivity contribution in [1.82, 2.24) is 4.31 Å². The lowest BCUT2D eigenvalue weighted by molar-refractivity contribution is 0.327. The van der Waals surface area contributed by atoms with Crippen molar-refractivity contribution in [3.8, 4) is 5.75 Å². The van der Waals surface area contributed by atoms with E-state index in [1.165, 1.54) is 0 Å². The second-order valence-corrected chi connectivity index (χ2v) is 7.93. The number of hydrogen-bond donors (Lipinski definition) is 0. The van der Waals surface area contributed by atoms with E-state index in [2.05, 4.69) is 0 Å². The van der Waals surface area contributed by atoms with Gasteiger partial charge in [-0.15, -0.1) is 0 Å². The van der Waals surface area contributed by atoms with Gasteiger partial charge in [0.1, 0.15) is 10.6 Å². The Hall–Kier alpha value is -1.37. The Balaban J connectivity index is 1.95. The number of benzene rings is 1. The molecule has 1 saturated carbocycles. The lowest BCUT2D eigenvalue weighted by atomic mass is 10.3. The second kappa shape index (κ2) is 6.40. The minimum Gasteiger partial charge on any atom is -0.492 e. The SMILES string of the molecule is CCOc1ccccc1S(=O)(=O)N(Cc1ccsc1)C1CC1. The van der Waals surface area contributed by atoms with Gasteiger partial charge in [0.15, 0.2) is 0 Å². The molecule has 1 fully saturated rings. The zero-order valence-corrected chi connectivity index (χ0v) is 14.1. The third-order valence-electron chi connectivity index (χ3n) is 3.61. The van der Waals surface area contributed by atoms with Gasteiger partial charge in [-0.05, 0) is 54.3 Å². The van der Waals surface area contributed by atoms with E-state index in [0.29, 0.717) is 18.9 Å². The average Bonchev–Trinajstić information content (AvgIpc) is 3.21. The van der Waals surface area contributed by atoms with Crippen molar-refractivity contribution in [2.45, 2.75) is 37.2 Å². The Morgan fingerprint density at radius 2 is 2.05 bits per heavy atom. The highest BCUT2D eigenvalue weighted by atomic mass is 32.2. The maximum atomic E-state index is 13.1. The molecule has 3 rings (SSSR count). The Morgan fingerprint density at radius 1 is 1.27 bits per heavy atom. The van der Waals surface area contributed by atoms with Crippen molar-refractivity contribution >= 4 is 21.4 Å². The van der Waals surface area contributed by atoms with E-state index in [1.807, 2.05) is 23.8 Å². The summed E-state index contributed by atoms with van der Waals surface area (Å²) in [5.74, 6) is 0.431. The number of nitrogens with zero attached hydrogens (tertiary/aromatic N) is 1. The van der Waals surface area contributed by atoms with E-state index >= 15 is 0 Å². The highest BCUT2D eigenvalue weighted by Crippen LogP contribution is 2.36. The molecule has 0 atom stereocenters. The van der Waals surface area contributed by atoms with Crippen molar-refractivity contribution in [3.63, 3.8) is 0 Å². The highest BCUT2D eigenvalue weighted by molar-refractivity contribution is 7.89. The minimum atomic E-state index is -3.55. The van der Waals surface area contributed by atoms with Crippen LogP contribution in [0.3, 0.4) is 0 Å². The molecule has 0 bridgehead atoms. The zero-order valence-electron chi connectivity index (χ0n) is 12.4. The fraction of sp³-hybridized carbons (Fsp3) is 0.375. The van der Waals surface area contributed by atoms with Crippen molar-refractivity contribution in [2.75, 3.05) is 6.61 Å². The molecule has 0 amide bonds. The molecule has 0 saturated heterocycles. The number of hydrogen-bond acceptors (Lipinski definition) is 4. The Kier molecular flexibility index (Phi) is 4.52. The fourth-order valence-electron chi connectivity index (χ4n) is 2.40. The molecule has 22 heavy (non-hydrogen) atoms. The molecular weight excluding hydrogens is 318 g/mol. The molecule has 0 spiro atoms. The zero-order chi connectivity index (χ0) is 15.6. The number of rotatable bonds is 7. The van der Waals surface area contributed by atoms with Crippen LogP contribution >= 0.6 is 11.3 Å². The van der Waals surface area contributed by atoms with Crippen molar-refractivity contribution < 1.29 is 13.2 Å². The van der Waals surface area contributed by atoms with Crippen LogP contribution in [-0.4, -0.2) is 25.4 Å². The molecule has 4 nitrogen and oxygen atoms in total. The molecule has 118 valence electrons. The van der Waals surface area contributed by atoms with Gasteiger partial charge in [-0.3, -0.25) is 0 Å². The van der Waals surface area contributed by atoms with E-state index in [4.69, 9.17) is 4.74 Å². The average molecular weight is 337 g/mol. The highest BCUT2D eigenvalue weighted by Gasteiger charge is 2.39. The molecule has 6 heteroatoms. The van der Waals surface area contributed by atoms with E-state index in [9.17, 15) is 8.42 Å². The first-order chi connectivity index (χ1) is 10.6. The molecule has 0 unspecified atom stereocenters. The molecule has 0 aliphatic heterocycles. The van der Waals surface area contributed by atoms with Crippen LogP contribution in [0.2, 0.25) is 0 Å². The number of sulfonamides is 1. The topological polar surface area (TPSA) is 46.6 Å². The summed E-state index contributed by atoms with van der Waals surface area (Å²) in [4.78, 5) is 0.263. The Morgan fingerprint density at radius 3 is 2.68 bits per heavy atom. The van der Waals surface area contributed by atoms with E-state index in [-0.39, 0.29) is 10.9 Å². The molecule has 0 N–H and O–H groups in total. The van der Waals surface area contributed by atoms with Gasteiger partial charge < -0.3 is 4.74 Å². The maximum Gasteiger partial charge on any atom is 0.247 e. The van der Waals surface area contributed by atoms with Gasteiger partial charge >= 0.3 is 0 Å². The van der Waals surface area contributed by atoms with Crippen LogP contribution in [-0.2, 0) is 16.6 Å². The predicted molar refractivity (Wildman–Crippen MR) is 87.7 cm³/mol. The van der Waals surface area contributed by atoms with Crippen LogP contribution in [0.1, 0.15) is 25.3 Å². The minimum absolute atomic E-state index is 0.111. The first-order valence-corrected chi connectivity index (χ1v) is 9.76. The summed E-state index contributed by atoms with van der Waals surface area (Å²) in [7, 11) is -3.55. The smallest absolute Gasteiger partial charge is 0.247 e. The van der Waals surface area contributed by atoms with Gasteiger partial charge in [0.25, 0.3) is 0 Å². The first kappa shape index (κ1) is 15.5. The predicted octanol–water partition coefficient (Wildman–Crippen LogP) is 3.50. The Labute approximate surface area is 135 Å². The number of para-hydroxylation sites is 1. The van der Waals surface area contributed by atoms with Gasteiger partial charge in [-0.1, -0.05) is 12.1 Å². The largest absolute Gasteiger partial charge is 0.492 e. The molecule has 1 aliphatic carbocycles.